The van der Waals surface area contributed by atoms with Crippen LogP contribution in [0.25, 0.3) is 10.9 Å². The largest absolute Gasteiger partial charge is 0.491 e. The maximum Gasteiger partial charge on any atom is 0.271 e. The molecule has 0 spiro atoms. The average Bonchev–Trinajstić information content (AvgIpc) is 3.16. The number of hydrogen-bond donors (Lipinski definition) is 0. The van der Waals surface area contributed by atoms with Crippen LogP contribution in [0.2, 0.25) is 0 Å². The molecule has 9 nitrogen and oxygen atoms in total. The molecule has 3 heterocycles. The molecule has 152 valence electrons. The van der Waals surface area contributed by atoms with Crippen LogP contribution >= 0.6 is 0 Å². The second-order valence-corrected chi connectivity index (χ2v) is 7.11. The molecule has 1 aliphatic rings. The Morgan fingerprint density at radius 2 is 2.00 bits per heavy atom. The van der Waals surface area contributed by atoms with Gasteiger partial charge in [-0.3, -0.25) is 15.0 Å². The van der Waals surface area contributed by atoms with E-state index in [4.69, 9.17) is 4.74 Å². The number of anilines is 1. The van der Waals surface area contributed by atoms with Crippen LogP contribution in [0.5, 0.6) is 5.75 Å². The Hall–Kier alpha value is -3.20. The van der Waals surface area contributed by atoms with E-state index in [1.165, 1.54) is 0 Å². The van der Waals surface area contributed by atoms with Gasteiger partial charge in [0.05, 0.1) is 23.7 Å². The predicted octanol–water partition coefficient (Wildman–Crippen LogP) is 2.56. The van der Waals surface area contributed by atoms with E-state index in [0.29, 0.717) is 5.75 Å². The molecule has 1 fully saturated rings. The van der Waals surface area contributed by atoms with Crippen molar-refractivity contribution < 1.29 is 9.66 Å². The molecule has 9 heteroatoms. The molecule has 0 radical (unpaired) electrons. The molecule has 29 heavy (non-hydrogen) atoms. The molecule has 3 aromatic rings. The quantitative estimate of drug-likeness (QED) is 0.448. The minimum Gasteiger partial charge on any atom is -0.491 e. The minimum atomic E-state index is -0.344. The van der Waals surface area contributed by atoms with Gasteiger partial charge in [-0.2, -0.15) is 0 Å². The molecular formula is C20H24N6O3. The Kier molecular flexibility index (Phi) is 5.57. The summed E-state index contributed by atoms with van der Waals surface area (Å²) >= 11 is 0. The highest BCUT2D eigenvalue weighted by molar-refractivity contribution is 5.82. The van der Waals surface area contributed by atoms with Crippen LogP contribution in [-0.2, 0) is 6.54 Å². The van der Waals surface area contributed by atoms with Gasteiger partial charge >= 0.3 is 0 Å². The number of ether oxygens (including phenoxy) is 1. The lowest BCUT2D eigenvalue weighted by molar-refractivity contribution is -0.384. The van der Waals surface area contributed by atoms with E-state index in [-0.39, 0.29) is 10.6 Å². The first-order valence-corrected chi connectivity index (χ1v) is 9.70. The van der Waals surface area contributed by atoms with Gasteiger partial charge in [-0.1, -0.05) is 0 Å². The fraction of sp³-hybridized carbons (Fsp3) is 0.400. The van der Waals surface area contributed by atoms with E-state index in [9.17, 15) is 10.1 Å². The highest BCUT2D eigenvalue weighted by Gasteiger charge is 2.20. The lowest BCUT2D eigenvalue weighted by Gasteiger charge is -2.35. The third-order valence-electron chi connectivity index (χ3n) is 5.39. The average molecular weight is 396 g/mol. The van der Waals surface area contributed by atoms with Crippen molar-refractivity contribution in [2.75, 3.05) is 44.7 Å². The van der Waals surface area contributed by atoms with Crippen LogP contribution in [0.1, 0.15) is 6.42 Å². The number of non-ortho nitro benzene ring substituents is 1. The number of nitro benzene ring substituents is 1. The number of benzene rings is 1. The third kappa shape index (κ3) is 4.14. The second-order valence-electron chi connectivity index (χ2n) is 7.11. The first-order chi connectivity index (χ1) is 14.2. The minimum absolute atomic E-state index is 0.133. The van der Waals surface area contributed by atoms with E-state index in [1.807, 2.05) is 18.3 Å². The summed E-state index contributed by atoms with van der Waals surface area (Å²) < 4.78 is 7.47. The van der Waals surface area contributed by atoms with Crippen LogP contribution in [0.4, 0.5) is 11.5 Å². The van der Waals surface area contributed by atoms with Gasteiger partial charge < -0.3 is 14.2 Å². The Balaban J connectivity index is 1.31. The van der Waals surface area contributed by atoms with Crippen molar-refractivity contribution in [1.82, 2.24) is 19.4 Å². The van der Waals surface area contributed by atoms with Gasteiger partial charge in [0.15, 0.2) is 11.6 Å². The van der Waals surface area contributed by atoms with E-state index in [0.717, 1.165) is 62.4 Å². The summed E-state index contributed by atoms with van der Waals surface area (Å²) in [5.41, 5.74) is 1.05. The smallest absolute Gasteiger partial charge is 0.271 e. The maximum absolute atomic E-state index is 11.0. The number of rotatable bonds is 7. The summed E-state index contributed by atoms with van der Waals surface area (Å²) in [5.74, 6) is 1.55. The van der Waals surface area contributed by atoms with Crippen LogP contribution < -0.4 is 9.64 Å². The fourth-order valence-electron chi connectivity index (χ4n) is 3.82. The normalized spacial score (nSPS) is 15.0. The van der Waals surface area contributed by atoms with Crippen LogP contribution in [-0.4, -0.2) is 64.2 Å². The summed E-state index contributed by atoms with van der Waals surface area (Å²) in [6.45, 7) is 5.54. The maximum atomic E-state index is 11.0. The highest BCUT2D eigenvalue weighted by atomic mass is 16.6. The fourth-order valence-corrected chi connectivity index (χ4v) is 3.82. The lowest BCUT2D eigenvalue weighted by Crippen LogP contribution is -2.47. The standard InChI is InChI=1S/C20H24N6O3/c1-29-19-14-21-15-22-20(19)25-11-9-23(10-12-25)6-2-7-24-8-5-16-3-4-17(26(27)28)13-18(16)24/h3-5,8,13-15H,2,6-7,9-12H2,1H3. The topological polar surface area (TPSA) is 89.6 Å². The van der Waals surface area contributed by atoms with Gasteiger partial charge in [0.25, 0.3) is 5.69 Å². The summed E-state index contributed by atoms with van der Waals surface area (Å²) in [6.07, 6.45) is 6.24. The molecule has 0 atom stereocenters. The summed E-state index contributed by atoms with van der Waals surface area (Å²) in [6, 6.07) is 7.03. The van der Waals surface area contributed by atoms with Crippen molar-refractivity contribution in [3.63, 3.8) is 0 Å². The number of methoxy groups -OCH3 is 1. The Morgan fingerprint density at radius 1 is 1.17 bits per heavy atom. The summed E-state index contributed by atoms with van der Waals surface area (Å²) in [7, 11) is 1.64. The van der Waals surface area contributed by atoms with Crippen LogP contribution in [0.15, 0.2) is 43.0 Å². The van der Waals surface area contributed by atoms with Crippen molar-refractivity contribution in [2.45, 2.75) is 13.0 Å². The molecule has 4 rings (SSSR count). The summed E-state index contributed by atoms with van der Waals surface area (Å²) in [4.78, 5) is 23.7. The number of nitrogens with zero attached hydrogens (tertiary/aromatic N) is 6. The zero-order valence-electron chi connectivity index (χ0n) is 16.4. The van der Waals surface area contributed by atoms with Crippen molar-refractivity contribution in [3.05, 3.63) is 53.1 Å². The molecule has 2 aromatic heterocycles. The molecule has 0 aliphatic carbocycles. The highest BCUT2D eigenvalue weighted by Crippen LogP contribution is 2.25. The number of hydrogen-bond acceptors (Lipinski definition) is 7. The number of piperazine rings is 1. The Morgan fingerprint density at radius 3 is 2.76 bits per heavy atom. The molecule has 0 unspecified atom stereocenters. The first-order valence-electron chi connectivity index (χ1n) is 9.70. The number of fused-ring (bicyclic) bond motifs is 1. The van der Waals surface area contributed by atoms with E-state index in [1.54, 1.807) is 31.8 Å². The number of aryl methyl sites for hydroxylation is 1. The first kappa shape index (κ1) is 19.1. The number of aromatic nitrogens is 3. The van der Waals surface area contributed by atoms with Gasteiger partial charge in [0.1, 0.15) is 6.33 Å². The van der Waals surface area contributed by atoms with Crippen LogP contribution in [0, 0.1) is 10.1 Å². The van der Waals surface area contributed by atoms with Crippen LogP contribution in [0.3, 0.4) is 0 Å². The SMILES string of the molecule is COc1cncnc1N1CCN(CCCn2ccc3ccc([N+](=O)[O-])cc32)CC1. The second kappa shape index (κ2) is 8.44. The monoisotopic (exact) mass is 396 g/mol. The van der Waals surface area contributed by atoms with Gasteiger partial charge in [-0.15, -0.1) is 0 Å². The van der Waals surface area contributed by atoms with Crippen molar-refractivity contribution >= 4 is 22.4 Å². The Bertz CT molecular complexity index is 997. The van der Waals surface area contributed by atoms with Gasteiger partial charge in [0, 0.05) is 56.4 Å². The molecule has 0 amide bonds. The molecule has 1 saturated heterocycles. The zero-order valence-corrected chi connectivity index (χ0v) is 16.4. The van der Waals surface area contributed by atoms with E-state index >= 15 is 0 Å². The molecule has 0 N–H and O–H groups in total. The Labute approximate surface area is 168 Å². The van der Waals surface area contributed by atoms with Crippen molar-refractivity contribution in [2.24, 2.45) is 0 Å². The van der Waals surface area contributed by atoms with Crippen molar-refractivity contribution in [3.8, 4) is 5.75 Å². The molecule has 0 bridgehead atoms. The lowest BCUT2D eigenvalue weighted by atomic mass is 10.2. The number of nitro groups is 1. The van der Waals surface area contributed by atoms with Gasteiger partial charge in [-0.25, -0.2) is 9.97 Å². The predicted molar refractivity (Wildman–Crippen MR) is 110 cm³/mol. The third-order valence-corrected chi connectivity index (χ3v) is 5.39. The van der Waals surface area contributed by atoms with E-state index < -0.39 is 0 Å². The van der Waals surface area contributed by atoms with Gasteiger partial charge in [-0.05, 0) is 25.1 Å². The zero-order chi connectivity index (χ0) is 20.2. The molecular weight excluding hydrogens is 372 g/mol. The molecule has 1 aliphatic heterocycles. The molecule has 1 aromatic carbocycles. The summed E-state index contributed by atoms with van der Waals surface area (Å²) in [5, 5.41) is 12.1. The van der Waals surface area contributed by atoms with Crippen molar-refractivity contribution in [1.29, 1.82) is 0 Å². The van der Waals surface area contributed by atoms with E-state index in [2.05, 4.69) is 24.3 Å². The van der Waals surface area contributed by atoms with Gasteiger partial charge in [0.2, 0.25) is 0 Å². The molecule has 0 saturated carbocycles.